The summed E-state index contributed by atoms with van der Waals surface area (Å²) in [6.07, 6.45) is 11.8. The number of rotatable bonds is 4. The molecule has 3 aliphatic rings. The standard InChI is InChI=1S/C27H32N6O.ClH/c28-19-12-14-33(16-19)25-20-5-3-1-2-4-6-23(20)30-24-10-9-18(15-21(24)25)22-11-13-29-27(31-22)32-26(34)17-7-8-17;/h9-11,13,15,17,19H,1-8,12,14,16,28H2,(H,29,31,32,34);1H/t19-;/m0./s1. The fourth-order valence-corrected chi connectivity index (χ4v) is 5.40. The number of fused-ring (bicyclic) bond motifs is 2. The zero-order valence-corrected chi connectivity index (χ0v) is 20.8. The van der Waals surface area contributed by atoms with Crippen LogP contribution in [0.25, 0.3) is 22.2 Å². The molecule has 1 aliphatic heterocycles. The van der Waals surface area contributed by atoms with Gasteiger partial charge in [0, 0.05) is 47.9 Å². The van der Waals surface area contributed by atoms with Gasteiger partial charge in [-0.05, 0) is 68.7 Å². The van der Waals surface area contributed by atoms with Gasteiger partial charge in [-0.1, -0.05) is 18.9 Å². The summed E-state index contributed by atoms with van der Waals surface area (Å²) in [5, 5.41) is 4.04. The Morgan fingerprint density at radius 2 is 1.86 bits per heavy atom. The summed E-state index contributed by atoms with van der Waals surface area (Å²) in [6, 6.07) is 8.54. The minimum atomic E-state index is 0. The predicted molar refractivity (Wildman–Crippen MR) is 142 cm³/mol. The number of halogens is 1. The van der Waals surface area contributed by atoms with Crippen molar-refractivity contribution in [2.75, 3.05) is 23.3 Å². The van der Waals surface area contributed by atoms with Crippen molar-refractivity contribution in [2.45, 2.75) is 63.8 Å². The zero-order chi connectivity index (χ0) is 23.1. The normalized spacial score (nSPS) is 20.0. The van der Waals surface area contributed by atoms with E-state index in [1.807, 2.05) is 6.07 Å². The number of hydrogen-bond donors (Lipinski definition) is 2. The number of nitrogens with zero attached hydrogens (tertiary/aromatic N) is 4. The van der Waals surface area contributed by atoms with E-state index in [0.717, 1.165) is 62.0 Å². The lowest BCUT2D eigenvalue weighted by Crippen LogP contribution is -2.27. The van der Waals surface area contributed by atoms with Gasteiger partial charge in [-0.25, -0.2) is 9.97 Å². The van der Waals surface area contributed by atoms with Gasteiger partial charge >= 0.3 is 0 Å². The van der Waals surface area contributed by atoms with E-state index < -0.39 is 0 Å². The molecular weight excluding hydrogens is 460 g/mol. The van der Waals surface area contributed by atoms with E-state index in [4.69, 9.17) is 10.7 Å². The van der Waals surface area contributed by atoms with Gasteiger partial charge in [0.15, 0.2) is 0 Å². The lowest BCUT2D eigenvalue weighted by Gasteiger charge is -2.27. The number of nitrogens with one attached hydrogen (secondary N) is 1. The van der Waals surface area contributed by atoms with Gasteiger partial charge in [0.1, 0.15) is 0 Å². The van der Waals surface area contributed by atoms with Gasteiger partial charge in [0.2, 0.25) is 11.9 Å². The summed E-state index contributed by atoms with van der Waals surface area (Å²) in [6.45, 7) is 1.88. The molecule has 1 saturated carbocycles. The molecule has 1 saturated heterocycles. The maximum atomic E-state index is 12.2. The first-order valence-electron chi connectivity index (χ1n) is 12.8. The fourth-order valence-electron chi connectivity index (χ4n) is 5.40. The van der Waals surface area contributed by atoms with Crippen LogP contribution in [-0.2, 0) is 17.6 Å². The summed E-state index contributed by atoms with van der Waals surface area (Å²) in [5.74, 6) is 0.510. The average Bonchev–Trinajstić information content (AvgIpc) is 3.60. The Labute approximate surface area is 212 Å². The van der Waals surface area contributed by atoms with Crippen molar-refractivity contribution in [3.63, 3.8) is 0 Å². The van der Waals surface area contributed by atoms with Gasteiger partial charge in [-0.3, -0.25) is 15.1 Å². The molecule has 35 heavy (non-hydrogen) atoms. The van der Waals surface area contributed by atoms with Crippen molar-refractivity contribution in [3.05, 3.63) is 41.7 Å². The van der Waals surface area contributed by atoms with Crippen molar-refractivity contribution >= 4 is 40.9 Å². The Hall–Kier alpha value is -2.77. The smallest absolute Gasteiger partial charge is 0.229 e. The second kappa shape index (κ2) is 10.1. The highest BCUT2D eigenvalue weighted by Crippen LogP contribution is 2.38. The third-order valence-electron chi connectivity index (χ3n) is 7.41. The number of benzene rings is 1. The molecule has 2 fully saturated rings. The molecule has 2 aliphatic carbocycles. The van der Waals surface area contributed by atoms with Gasteiger partial charge < -0.3 is 10.6 Å². The third-order valence-corrected chi connectivity index (χ3v) is 7.41. The van der Waals surface area contributed by atoms with Crippen molar-refractivity contribution < 1.29 is 4.79 Å². The number of carbonyl (C=O) groups is 1. The number of anilines is 2. The molecule has 1 atom stereocenters. The van der Waals surface area contributed by atoms with Crippen molar-refractivity contribution in [3.8, 4) is 11.3 Å². The van der Waals surface area contributed by atoms with Crippen molar-refractivity contribution in [2.24, 2.45) is 11.7 Å². The summed E-state index contributed by atoms with van der Waals surface area (Å²) in [4.78, 5) is 28.7. The van der Waals surface area contributed by atoms with Crippen LogP contribution >= 0.6 is 12.4 Å². The molecule has 7 nitrogen and oxygen atoms in total. The molecule has 1 amide bonds. The molecule has 0 unspecified atom stereocenters. The quantitative estimate of drug-likeness (QED) is 0.549. The number of nitrogens with two attached hydrogens (primary N) is 1. The van der Waals surface area contributed by atoms with Crippen molar-refractivity contribution in [1.82, 2.24) is 15.0 Å². The van der Waals surface area contributed by atoms with Crippen LogP contribution in [0.5, 0.6) is 0 Å². The zero-order valence-electron chi connectivity index (χ0n) is 20.0. The second-order valence-corrected chi connectivity index (χ2v) is 10.1. The summed E-state index contributed by atoms with van der Waals surface area (Å²) in [5.41, 5.74) is 13.2. The van der Waals surface area contributed by atoms with Crippen LogP contribution < -0.4 is 16.0 Å². The lowest BCUT2D eigenvalue weighted by molar-refractivity contribution is -0.117. The molecule has 2 aromatic heterocycles. The van der Waals surface area contributed by atoms with E-state index in [9.17, 15) is 4.79 Å². The maximum Gasteiger partial charge on any atom is 0.229 e. The van der Waals surface area contributed by atoms with E-state index >= 15 is 0 Å². The van der Waals surface area contributed by atoms with E-state index in [0.29, 0.717) is 5.95 Å². The molecule has 0 bridgehead atoms. The van der Waals surface area contributed by atoms with Gasteiger partial charge in [0.05, 0.1) is 16.9 Å². The highest BCUT2D eigenvalue weighted by Gasteiger charge is 2.30. The first-order valence-corrected chi connectivity index (χ1v) is 12.8. The molecule has 1 aromatic carbocycles. The van der Waals surface area contributed by atoms with E-state index in [-0.39, 0.29) is 30.3 Å². The van der Waals surface area contributed by atoms with Crippen LogP contribution in [0.2, 0.25) is 0 Å². The van der Waals surface area contributed by atoms with E-state index in [2.05, 4.69) is 38.4 Å². The fraction of sp³-hybridized carbons (Fsp3) is 0.481. The first kappa shape index (κ1) is 23.9. The molecule has 0 radical (unpaired) electrons. The van der Waals surface area contributed by atoms with Crippen LogP contribution in [0.15, 0.2) is 30.5 Å². The first-order chi connectivity index (χ1) is 16.7. The maximum absolute atomic E-state index is 12.2. The molecule has 3 aromatic rings. The highest BCUT2D eigenvalue weighted by atomic mass is 35.5. The Bertz CT molecular complexity index is 1240. The minimum absolute atomic E-state index is 0. The number of pyridine rings is 1. The summed E-state index contributed by atoms with van der Waals surface area (Å²) >= 11 is 0. The number of aryl methyl sites for hydroxylation is 1. The minimum Gasteiger partial charge on any atom is -0.369 e. The molecule has 0 spiro atoms. The molecule has 184 valence electrons. The van der Waals surface area contributed by atoms with Crippen LogP contribution in [0.4, 0.5) is 11.6 Å². The Balaban J connectivity index is 0.00000253. The predicted octanol–water partition coefficient (Wildman–Crippen LogP) is 4.66. The molecule has 3 N–H and O–H groups in total. The molecule has 8 heteroatoms. The van der Waals surface area contributed by atoms with Crippen LogP contribution in [0.3, 0.4) is 0 Å². The highest BCUT2D eigenvalue weighted by molar-refractivity contribution is 5.97. The van der Waals surface area contributed by atoms with Crippen LogP contribution in [0, 0.1) is 5.92 Å². The Morgan fingerprint density at radius 1 is 1.03 bits per heavy atom. The SMILES string of the molecule is Cl.N[C@H]1CCN(c2c3c(nc4ccc(-c5ccnc(NC(=O)C6CC6)n5)cc24)CCCCCC3)C1. The summed E-state index contributed by atoms with van der Waals surface area (Å²) < 4.78 is 0. The summed E-state index contributed by atoms with van der Waals surface area (Å²) in [7, 11) is 0. The monoisotopic (exact) mass is 492 g/mol. The van der Waals surface area contributed by atoms with E-state index in [1.54, 1.807) is 6.20 Å². The number of aromatic nitrogens is 3. The molecule has 3 heterocycles. The lowest BCUT2D eigenvalue weighted by atomic mass is 9.93. The van der Waals surface area contributed by atoms with E-state index in [1.165, 1.54) is 48.0 Å². The second-order valence-electron chi connectivity index (χ2n) is 10.1. The number of amides is 1. The average molecular weight is 493 g/mol. The van der Waals surface area contributed by atoms with Crippen molar-refractivity contribution in [1.29, 1.82) is 0 Å². The molecule has 6 rings (SSSR count). The Kier molecular flexibility index (Phi) is 6.89. The molecular formula is C27H33ClN6O. The largest absolute Gasteiger partial charge is 0.369 e. The van der Waals surface area contributed by atoms with Gasteiger partial charge in [0.25, 0.3) is 0 Å². The third kappa shape index (κ3) is 4.98. The van der Waals surface area contributed by atoms with Crippen LogP contribution in [-0.4, -0.2) is 40.0 Å². The van der Waals surface area contributed by atoms with Gasteiger partial charge in [-0.15, -0.1) is 12.4 Å². The Morgan fingerprint density at radius 3 is 2.63 bits per heavy atom. The van der Waals surface area contributed by atoms with Crippen LogP contribution in [0.1, 0.15) is 56.2 Å². The topological polar surface area (TPSA) is 97.0 Å². The number of hydrogen-bond acceptors (Lipinski definition) is 6. The van der Waals surface area contributed by atoms with Gasteiger partial charge in [-0.2, -0.15) is 0 Å². The number of carbonyl (C=O) groups excluding carboxylic acids is 1.